The fraction of sp³-hybridized carbons (Fsp3) is 0.600. The Labute approximate surface area is 79.7 Å². The first-order valence-electron chi connectivity index (χ1n) is 4.64. The molecule has 1 atom stereocenters. The normalized spacial score (nSPS) is 13.5. The highest BCUT2D eigenvalue weighted by atomic mass is 16.3. The number of rotatable bonds is 5. The highest BCUT2D eigenvalue weighted by Crippen LogP contribution is 2.13. The van der Waals surface area contributed by atoms with Crippen molar-refractivity contribution in [3.63, 3.8) is 0 Å². The molecule has 0 aliphatic heterocycles. The molecule has 0 radical (unpaired) electrons. The first kappa shape index (κ1) is 10.3. The number of furan rings is 1. The Hall–Kier alpha value is -0.800. The van der Waals surface area contributed by atoms with Crippen molar-refractivity contribution < 1.29 is 4.42 Å². The highest BCUT2D eigenvalue weighted by Gasteiger charge is 2.11. The summed E-state index contributed by atoms with van der Waals surface area (Å²) in [5.74, 6) is 0. The highest BCUT2D eigenvalue weighted by molar-refractivity contribution is 5.11. The maximum absolute atomic E-state index is 5.06. The smallest absolute Gasteiger partial charge is 0.0950 e. The first-order valence-corrected chi connectivity index (χ1v) is 4.64. The van der Waals surface area contributed by atoms with Crippen LogP contribution in [0.1, 0.15) is 18.5 Å². The molecule has 1 heterocycles. The van der Waals surface area contributed by atoms with Crippen molar-refractivity contribution in [2.45, 2.75) is 13.0 Å². The minimum absolute atomic E-state index is 0.374. The van der Waals surface area contributed by atoms with Gasteiger partial charge in [-0.2, -0.15) is 0 Å². The molecule has 1 rings (SSSR count). The van der Waals surface area contributed by atoms with Gasteiger partial charge in [0.2, 0.25) is 0 Å². The second-order valence-electron chi connectivity index (χ2n) is 3.43. The van der Waals surface area contributed by atoms with Gasteiger partial charge in [-0.1, -0.05) is 6.92 Å². The first-order chi connectivity index (χ1) is 6.24. The van der Waals surface area contributed by atoms with Crippen molar-refractivity contribution in [1.82, 2.24) is 10.2 Å². The van der Waals surface area contributed by atoms with Crippen molar-refractivity contribution in [2.24, 2.45) is 0 Å². The molecule has 1 aromatic heterocycles. The Bertz CT molecular complexity index is 219. The van der Waals surface area contributed by atoms with Gasteiger partial charge in [0, 0.05) is 18.2 Å². The summed E-state index contributed by atoms with van der Waals surface area (Å²) in [7, 11) is 4.15. The lowest BCUT2D eigenvalue weighted by atomic mass is 10.1. The molecule has 0 saturated heterocycles. The molecule has 0 saturated carbocycles. The van der Waals surface area contributed by atoms with Crippen LogP contribution in [0.25, 0.3) is 0 Å². The Morgan fingerprint density at radius 1 is 1.54 bits per heavy atom. The molecular formula is C10H18N2O. The number of nitrogens with zero attached hydrogens (tertiary/aromatic N) is 1. The molecule has 3 nitrogen and oxygen atoms in total. The molecule has 1 N–H and O–H groups in total. The number of nitrogens with one attached hydrogen (secondary N) is 1. The van der Waals surface area contributed by atoms with E-state index in [0.29, 0.717) is 6.04 Å². The molecule has 3 heteroatoms. The van der Waals surface area contributed by atoms with Crippen LogP contribution in [0, 0.1) is 0 Å². The van der Waals surface area contributed by atoms with Crippen LogP contribution in [-0.4, -0.2) is 32.1 Å². The molecule has 13 heavy (non-hydrogen) atoms. The van der Waals surface area contributed by atoms with E-state index in [9.17, 15) is 0 Å². The SMILES string of the molecule is CCNC(CN(C)C)c1ccoc1. The molecule has 1 aromatic rings. The van der Waals surface area contributed by atoms with Gasteiger partial charge in [0.05, 0.1) is 12.5 Å². The van der Waals surface area contributed by atoms with Gasteiger partial charge in [0.25, 0.3) is 0 Å². The van der Waals surface area contributed by atoms with Crippen molar-refractivity contribution in [2.75, 3.05) is 27.2 Å². The Morgan fingerprint density at radius 2 is 2.31 bits per heavy atom. The monoisotopic (exact) mass is 182 g/mol. The van der Waals surface area contributed by atoms with Crippen LogP contribution in [0.5, 0.6) is 0 Å². The summed E-state index contributed by atoms with van der Waals surface area (Å²) in [6, 6.07) is 2.38. The van der Waals surface area contributed by atoms with E-state index in [-0.39, 0.29) is 0 Å². The van der Waals surface area contributed by atoms with Crippen LogP contribution >= 0.6 is 0 Å². The van der Waals surface area contributed by atoms with Crippen LogP contribution in [0.3, 0.4) is 0 Å². The van der Waals surface area contributed by atoms with E-state index >= 15 is 0 Å². The third kappa shape index (κ3) is 3.20. The summed E-state index contributed by atoms with van der Waals surface area (Å²) >= 11 is 0. The van der Waals surface area contributed by atoms with E-state index in [0.717, 1.165) is 13.1 Å². The molecule has 0 bridgehead atoms. The van der Waals surface area contributed by atoms with Gasteiger partial charge in [-0.05, 0) is 26.7 Å². The van der Waals surface area contributed by atoms with Gasteiger partial charge in [-0.3, -0.25) is 0 Å². The summed E-state index contributed by atoms with van der Waals surface area (Å²) in [6.07, 6.45) is 3.52. The molecule has 0 spiro atoms. The van der Waals surface area contributed by atoms with Gasteiger partial charge >= 0.3 is 0 Å². The second-order valence-corrected chi connectivity index (χ2v) is 3.43. The van der Waals surface area contributed by atoms with Crippen molar-refractivity contribution >= 4 is 0 Å². The summed E-state index contributed by atoms with van der Waals surface area (Å²) in [5.41, 5.74) is 1.22. The second kappa shape index (κ2) is 5.04. The van der Waals surface area contributed by atoms with E-state index in [1.165, 1.54) is 5.56 Å². The third-order valence-electron chi connectivity index (χ3n) is 1.94. The predicted molar refractivity (Wildman–Crippen MR) is 53.7 cm³/mol. The van der Waals surface area contributed by atoms with E-state index in [2.05, 4.69) is 31.2 Å². The Balaban J connectivity index is 2.57. The predicted octanol–water partition coefficient (Wildman–Crippen LogP) is 1.49. The molecule has 0 aliphatic rings. The summed E-state index contributed by atoms with van der Waals surface area (Å²) in [6.45, 7) is 4.08. The van der Waals surface area contributed by atoms with E-state index in [4.69, 9.17) is 4.42 Å². The van der Waals surface area contributed by atoms with Crippen LogP contribution in [0.15, 0.2) is 23.0 Å². The minimum Gasteiger partial charge on any atom is -0.472 e. The van der Waals surface area contributed by atoms with Gasteiger partial charge in [-0.15, -0.1) is 0 Å². The molecule has 0 aliphatic carbocycles. The van der Waals surface area contributed by atoms with Crippen molar-refractivity contribution in [3.05, 3.63) is 24.2 Å². The molecule has 0 aromatic carbocycles. The summed E-state index contributed by atoms with van der Waals surface area (Å²) < 4.78 is 5.06. The average Bonchev–Trinajstić information content (AvgIpc) is 2.54. The van der Waals surface area contributed by atoms with Crippen molar-refractivity contribution in [3.8, 4) is 0 Å². The lowest BCUT2D eigenvalue weighted by Gasteiger charge is -2.20. The van der Waals surface area contributed by atoms with Crippen LogP contribution < -0.4 is 5.32 Å². The fourth-order valence-electron chi connectivity index (χ4n) is 1.37. The number of hydrogen-bond donors (Lipinski definition) is 1. The molecular weight excluding hydrogens is 164 g/mol. The van der Waals surface area contributed by atoms with Crippen LogP contribution in [0.4, 0.5) is 0 Å². The summed E-state index contributed by atoms with van der Waals surface area (Å²) in [4.78, 5) is 2.17. The minimum atomic E-state index is 0.374. The third-order valence-corrected chi connectivity index (χ3v) is 1.94. The van der Waals surface area contributed by atoms with Gasteiger partial charge in [-0.25, -0.2) is 0 Å². The molecule has 1 unspecified atom stereocenters. The standard InChI is InChI=1S/C10H18N2O/c1-4-11-10(7-12(2)3)9-5-6-13-8-9/h5-6,8,10-11H,4,7H2,1-3H3. The maximum Gasteiger partial charge on any atom is 0.0950 e. The lowest BCUT2D eigenvalue weighted by Crippen LogP contribution is -2.30. The van der Waals surface area contributed by atoms with E-state index < -0.39 is 0 Å². The Kier molecular flexibility index (Phi) is 3.99. The number of hydrogen-bond acceptors (Lipinski definition) is 3. The van der Waals surface area contributed by atoms with E-state index in [1.54, 1.807) is 12.5 Å². The number of likely N-dealkylation sites (N-methyl/N-ethyl adjacent to an activating group) is 2. The van der Waals surface area contributed by atoms with Crippen molar-refractivity contribution in [1.29, 1.82) is 0 Å². The molecule has 0 fully saturated rings. The van der Waals surface area contributed by atoms with Crippen LogP contribution in [-0.2, 0) is 0 Å². The molecule has 0 amide bonds. The maximum atomic E-state index is 5.06. The summed E-state index contributed by atoms with van der Waals surface area (Å²) in [5, 5.41) is 3.41. The van der Waals surface area contributed by atoms with Gasteiger partial charge < -0.3 is 14.6 Å². The van der Waals surface area contributed by atoms with Gasteiger partial charge in [0.15, 0.2) is 0 Å². The largest absolute Gasteiger partial charge is 0.472 e. The zero-order valence-corrected chi connectivity index (χ0v) is 8.58. The zero-order valence-electron chi connectivity index (χ0n) is 8.58. The quantitative estimate of drug-likeness (QED) is 0.748. The Morgan fingerprint density at radius 3 is 2.77 bits per heavy atom. The molecule has 74 valence electrons. The fourth-order valence-corrected chi connectivity index (χ4v) is 1.37. The lowest BCUT2D eigenvalue weighted by molar-refractivity contribution is 0.344. The zero-order chi connectivity index (χ0) is 9.68. The van der Waals surface area contributed by atoms with E-state index in [1.807, 2.05) is 6.07 Å². The topological polar surface area (TPSA) is 28.4 Å². The average molecular weight is 182 g/mol. The van der Waals surface area contributed by atoms with Crippen LogP contribution in [0.2, 0.25) is 0 Å². The van der Waals surface area contributed by atoms with Gasteiger partial charge in [0.1, 0.15) is 0 Å².